The summed E-state index contributed by atoms with van der Waals surface area (Å²) in [5.41, 5.74) is 5.55. The van der Waals surface area contributed by atoms with Gasteiger partial charge in [0.1, 0.15) is 11.6 Å². The number of likely N-dealkylation sites (tertiary alicyclic amines) is 1. The van der Waals surface area contributed by atoms with Gasteiger partial charge in [0.2, 0.25) is 5.91 Å². The van der Waals surface area contributed by atoms with Gasteiger partial charge in [0, 0.05) is 32.6 Å². The second-order valence-electron chi connectivity index (χ2n) is 7.21. The molecule has 1 unspecified atom stereocenters. The summed E-state index contributed by atoms with van der Waals surface area (Å²) in [6.07, 6.45) is 1.57. The predicted molar refractivity (Wildman–Crippen MR) is 86.3 cm³/mol. The van der Waals surface area contributed by atoms with E-state index >= 15 is 0 Å². The van der Waals surface area contributed by atoms with Crippen LogP contribution in [-0.2, 0) is 14.3 Å². The molecule has 3 atom stereocenters. The fourth-order valence-electron chi connectivity index (χ4n) is 2.71. The van der Waals surface area contributed by atoms with Crippen molar-refractivity contribution in [2.75, 3.05) is 19.6 Å². The van der Waals surface area contributed by atoms with Crippen LogP contribution in [0.1, 0.15) is 47.5 Å². The third-order valence-corrected chi connectivity index (χ3v) is 3.82. The summed E-state index contributed by atoms with van der Waals surface area (Å²) in [4.78, 5) is 25.5. The molecule has 0 bridgehead atoms. The van der Waals surface area contributed by atoms with Crippen LogP contribution in [0.15, 0.2) is 0 Å². The number of amides is 1. The minimum atomic E-state index is -0.490. The van der Waals surface area contributed by atoms with Crippen molar-refractivity contribution in [2.24, 2.45) is 11.7 Å². The van der Waals surface area contributed by atoms with Crippen LogP contribution in [0.4, 0.5) is 0 Å². The highest BCUT2D eigenvalue weighted by Gasteiger charge is 2.38. The Balaban J connectivity index is 2.65. The molecule has 1 saturated heterocycles. The van der Waals surface area contributed by atoms with Crippen LogP contribution in [0, 0.1) is 5.92 Å². The van der Waals surface area contributed by atoms with Crippen LogP contribution in [0.25, 0.3) is 0 Å². The Kier molecular flexibility index (Phi) is 6.81. The third-order valence-electron chi connectivity index (χ3n) is 3.82. The summed E-state index contributed by atoms with van der Waals surface area (Å²) in [7, 11) is 0. The number of carbonyl (C=O) groups excluding carboxylic acids is 2. The average Bonchev–Trinajstić information content (AvgIpc) is 2.73. The maximum absolute atomic E-state index is 12.4. The minimum Gasteiger partial charge on any atom is -0.459 e. The zero-order valence-electron chi connectivity index (χ0n) is 14.5. The summed E-state index contributed by atoms with van der Waals surface area (Å²) in [6, 6.07) is -0.281. The molecular weight excluding hydrogens is 282 g/mol. The standard InChI is InChI=1S/C16H31N3O3/c1-6-12(8-18-11(2)20)9-19-10-13(17)7-14(19)15(21)22-16(3,4)5/h12-14H,6-10,17H2,1-5H3,(H,18,20)/t12?,13-,14-/m1/s1. The monoisotopic (exact) mass is 313 g/mol. The summed E-state index contributed by atoms with van der Waals surface area (Å²) >= 11 is 0. The smallest absolute Gasteiger partial charge is 0.323 e. The molecule has 1 heterocycles. The number of hydrogen-bond acceptors (Lipinski definition) is 5. The average molecular weight is 313 g/mol. The number of rotatable bonds is 6. The Morgan fingerprint density at radius 3 is 2.55 bits per heavy atom. The van der Waals surface area contributed by atoms with E-state index < -0.39 is 5.60 Å². The Labute approximate surface area is 133 Å². The van der Waals surface area contributed by atoms with Gasteiger partial charge in [-0.15, -0.1) is 0 Å². The van der Waals surface area contributed by atoms with E-state index in [0.717, 1.165) is 13.0 Å². The molecular formula is C16H31N3O3. The molecule has 1 amide bonds. The lowest BCUT2D eigenvalue weighted by Crippen LogP contribution is -2.44. The largest absolute Gasteiger partial charge is 0.459 e. The third kappa shape index (κ3) is 6.32. The van der Waals surface area contributed by atoms with Crippen molar-refractivity contribution in [2.45, 2.75) is 65.1 Å². The first-order chi connectivity index (χ1) is 10.1. The summed E-state index contributed by atoms with van der Waals surface area (Å²) in [6.45, 7) is 11.3. The van der Waals surface area contributed by atoms with Crippen molar-refractivity contribution in [1.29, 1.82) is 0 Å². The first-order valence-corrected chi connectivity index (χ1v) is 8.09. The molecule has 0 aromatic rings. The maximum atomic E-state index is 12.4. The van der Waals surface area contributed by atoms with Crippen LogP contribution in [0.2, 0.25) is 0 Å². The highest BCUT2D eigenvalue weighted by molar-refractivity contribution is 5.76. The molecule has 6 heteroatoms. The molecule has 0 radical (unpaired) electrons. The Morgan fingerprint density at radius 1 is 1.41 bits per heavy atom. The van der Waals surface area contributed by atoms with E-state index in [4.69, 9.17) is 10.5 Å². The fourth-order valence-corrected chi connectivity index (χ4v) is 2.71. The van der Waals surface area contributed by atoms with Crippen LogP contribution in [0.5, 0.6) is 0 Å². The topological polar surface area (TPSA) is 84.7 Å². The van der Waals surface area contributed by atoms with Gasteiger partial charge in [-0.1, -0.05) is 13.3 Å². The second-order valence-corrected chi connectivity index (χ2v) is 7.21. The van der Waals surface area contributed by atoms with Crippen LogP contribution in [0.3, 0.4) is 0 Å². The van der Waals surface area contributed by atoms with Gasteiger partial charge in [-0.05, 0) is 33.1 Å². The van der Waals surface area contributed by atoms with Gasteiger partial charge in [-0.3, -0.25) is 14.5 Å². The van der Waals surface area contributed by atoms with Gasteiger partial charge in [0.15, 0.2) is 0 Å². The molecule has 22 heavy (non-hydrogen) atoms. The quantitative estimate of drug-likeness (QED) is 0.712. The Morgan fingerprint density at radius 2 is 2.05 bits per heavy atom. The van der Waals surface area contributed by atoms with E-state index in [1.54, 1.807) is 0 Å². The van der Waals surface area contributed by atoms with Gasteiger partial charge in [0.25, 0.3) is 0 Å². The molecule has 1 fully saturated rings. The molecule has 3 N–H and O–H groups in total. The summed E-state index contributed by atoms with van der Waals surface area (Å²) in [5.74, 6) is 0.0780. The van der Waals surface area contributed by atoms with Crippen molar-refractivity contribution in [3.63, 3.8) is 0 Å². The molecule has 6 nitrogen and oxygen atoms in total. The molecule has 0 spiro atoms. The van der Waals surface area contributed by atoms with E-state index in [-0.39, 0.29) is 24.0 Å². The maximum Gasteiger partial charge on any atom is 0.323 e. The van der Waals surface area contributed by atoms with E-state index in [2.05, 4.69) is 17.1 Å². The van der Waals surface area contributed by atoms with Gasteiger partial charge < -0.3 is 15.8 Å². The predicted octanol–water partition coefficient (Wildman–Crippen LogP) is 0.892. The first-order valence-electron chi connectivity index (χ1n) is 8.09. The molecule has 0 aromatic carbocycles. The van der Waals surface area contributed by atoms with Gasteiger partial charge in [-0.2, -0.15) is 0 Å². The molecule has 0 aliphatic carbocycles. The zero-order chi connectivity index (χ0) is 16.9. The molecule has 128 valence electrons. The lowest BCUT2D eigenvalue weighted by Gasteiger charge is -2.29. The SMILES string of the molecule is CCC(CNC(C)=O)CN1C[C@H](N)C[C@@H]1C(=O)OC(C)(C)C. The highest BCUT2D eigenvalue weighted by Crippen LogP contribution is 2.22. The van der Waals surface area contributed by atoms with E-state index in [0.29, 0.717) is 25.4 Å². The van der Waals surface area contributed by atoms with E-state index in [9.17, 15) is 9.59 Å². The Bertz CT molecular complexity index is 393. The molecule has 1 aliphatic heterocycles. The first kappa shape index (κ1) is 18.9. The molecule has 1 aliphatic rings. The number of ether oxygens (including phenoxy) is 1. The van der Waals surface area contributed by atoms with Crippen molar-refractivity contribution in [1.82, 2.24) is 10.2 Å². The van der Waals surface area contributed by atoms with Crippen LogP contribution in [-0.4, -0.2) is 54.1 Å². The van der Waals surface area contributed by atoms with E-state index in [1.165, 1.54) is 6.92 Å². The number of nitrogens with zero attached hydrogens (tertiary/aromatic N) is 1. The lowest BCUT2D eigenvalue weighted by atomic mass is 10.1. The van der Waals surface area contributed by atoms with Crippen molar-refractivity contribution < 1.29 is 14.3 Å². The van der Waals surface area contributed by atoms with E-state index in [1.807, 2.05) is 20.8 Å². The van der Waals surface area contributed by atoms with Gasteiger partial charge >= 0.3 is 5.97 Å². The fraction of sp³-hybridized carbons (Fsp3) is 0.875. The van der Waals surface area contributed by atoms with Gasteiger partial charge in [0.05, 0.1) is 0 Å². The molecule has 0 saturated carbocycles. The Hall–Kier alpha value is -1.14. The highest BCUT2D eigenvalue weighted by atomic mass is 16.6. The lowest BCUT2D eigenvalue weighted by molar-refractivity contribution is -0.160. The second kappa shape index (κ2) is 7.92. The van der Waals surface area contributed by atoms with Gasteiger partial charge in [-0.25, -0.2) is 0 Å². The van der Waals surface area contributed by atoms with Crippen molar-refractivity contribution in [3.05, 3.63) is 0 Å². The van der Waals surface area contributed by atoms with Crippen LogP contribution >= 0.6 is 0 Å². The number of esters is 1. The number of nitrogens with two attached hydrogens (primary N) is 1. The number of nitrogens with one attached hydrogen (secondary N) is 1. The normalized spacial score (nSPS) is 24.1. The number of hydrogen-bond donors (Lipinski definition) is 2. The summed E-state index contributed by atoms with van der Waals surface area (Å²) < 4.78 is 5.51. The minimum absolute atomic E-state index is 0.00390. The number of carbonyl (C=O) groups is 2. The molecule has 1 rings (SSSR count). The zero-order valence-corrected chi connectivity index (χ0v) is 14.5. The van der Waals surface area contributed by atoms with Crippen molar-refractivity contribution in [3.8, 4) is 0 Å². The van der Waals surface area contributed by atoms with Crippen molar-refractivity contribution >= 4 is 11.9 Å². The molecule has 0 aromatic heterocycles. The van der Waals surface area contributed by atoms with Crippen LogP contribution < -0.4 is 11.1 Å². The summed E-state index contributed by atoms with van der Waals surface area (Å²) in [5, 5.41) is 2.85.